The van der Waals surface area contributed by atoms with Crippen LogP contribution in [0.1, 0.15) is 145 Å². The third-order valence-electron chi connectivity index (χ3n) is 23.7. The number of hydrogen-bond donors (Lipinski definition) is 10. The lowest BCUT2D eigenvalue weighted by Gasteiger charge is -2.49. The topological polar surface area (TPSA) is 490 Å². The molecule has 11 heterocycles. The molecule has 1 aliphatic carbocycles. The molecular formula is C91H103BrFN7O28S. The highest BCUT2D eigenvalue weighted by Gasteiger charge is 2.72. The molecule has 5 aromatic carbocycles. The smallest absolute Gasteiger partial charge is 0.371 e. The molecule has 0 saturated carbocycles. The number of benzene rings is 5. The van der Waals surface area contributed by atoms with Gasteiger partial charge in [-0.25, -0.2) is 19.1 Å². The second kappa shape index (κ2) is 36.9. The van der Waals surface area contributed by atoms with Crippen LogP contribution in [0.15, 0.2) is 150 Å². The number of carbonyl (C=O) groups excluding carboxylic acids is 3. The number of ether oxygens (including phenoxy) is 8. The Labute approximate surface area is 747 Å². The number of piperazine rings is 1. The molecule has 12 atom stereocenters. The Hall–Kier alpha value is -10.7. The molecular weight excluding hydrogens is 1770 g/mol. The number of aliphatic hydroxyl groups excluding tert-OH is 3. The third-order valence-corrected chi connectivity index (χ3v) is 24.8. The second-order valence-corrected chi connectivity index (χ2v) is 37.0. The van der Waals surface area contributed by atoms with Crippen LogP contribution in [-0.4, -0.2) is 234 Å². The van der Waals surface area contributed by atoms with Crippen LogP contribution in [0.3, 0.4) is 0 Å². The summed E-state index contributed by atoms with van der Waals surface area (Å²) in [4.78, 5) is 108. The first-order valence-electron chi connectivity index (χ1n) is 42.1. The van der Waals surface area contributed by atoms with E-state index in [2.05, 4.69) is 61.7 Å². The Kier molecular flexibility index (Phi) is 27.1. The maximum atomic E-state index is 14.4. The van der Waals surface area contributed by atoms with Gasteiger partial charge in [0.25, 0.3) is 11.8 Å². The number of para-hydroxylation sites is 1. The zero-order chi connectivity index (χ0) is 93.2. The van der Waals surface area contributed by atoms with Gasteiger partial charge in [-0.3, -0.25) is 47.5 Å². The molecule has 129 heavy (non-hydrogen) atoms. The van der Waals surface area contributed by atoms with Crippen molar-refractivity contribution in [3.63, 3.8) is 0 Å². The van der Waals surface area contributed by atoms with Crippen LogP contribution in [0.25, 0.3) is 66.5 Å². The predicted molar refractivity (Wildman–Crippen MR) is 467 cm³/mol. The third kappa shape index (κ3) is 19.3. The number of aliphatic hydroxyl groups is 4. The van der Waals surface area contributed by atoms with Gasteiger partial charge in [-0.2, -0.15) is 8.42 Å². The van der Waals surface area contributed by atoms with Crippen molar-refractivity contribution < 1.29 is 128 Å². The SMILES string of the molecule is CC(C)C[C@H]1C(=O)N2CCC[C@H]2[C@]2(O)O[C@](NC(=O)[C@@H]3C=C4c5cccc6[nH]c(Br)c(c56)C[C@H]4N(C)C3)(C(C)C)C(=O)N12.CC(C)n1c(/C=C/[C@@H](O)C[C@@H](O)CC(=O)O)c(-c2ccc(F)cc2)c2ccccc21.CC1(C)O[C@@H]2[C@@H](CO[C@@]3(COS(N)(=O)=O)OC(C)(C)O[C@@H]23)O1.O=C(O)c1cc(=O)c2c(OCC(O)COc3cccc4oc(C(=O)O)cc(=O)c34)cccc2o1. The average molecular weight is 1870 g/mol. The van der Waals surface area contributed by atoms with Gasteiger partial charge in [0.15, 0.2) is 22.4 Å². The van der Waals surface area contributed by atoms with Gasteiger partial charge >= 0.3 is 28.2 Å². The molecule has 0 bridgehead atoms. The fourth-order valence-corrected chi connectivity index (χ4v) is 19.2. The highest BCUT2D eigenvalue weighted by molar-refractivity contribution is 9.10. The minimum Gasteiger partial charge on any atom is -0.490 e. The average Bonchev–Trinajstić information content (AvgIpc) is 1.52. The number of aromatic nitrogens is 2. The van der Waals surface area contributed by atoms with E-state index in [4.69, 9.17) is 71.4 Å². The minimum atomic E-state index is -4.14. The number of carboxylic acids is 3. The molecule has 0 spiro atoms. The van der Waals surface area contributed by atoms with Crippen LogP contribution in [0.5, 0.6) is 11.5 Å². The van der Waals surface area contributed by atoms with Crippen LogP contribution in [0, 0.1) is 23.6 Å². The standard InChI is InChI=1S/C32H40BrN5O5.C24H26FNO4.C23H16O11.C12H21NO8S/c1-16(2)12-24-29(40)37-11-7-10-25(37)32(42)38(24)30(41)31(43-32,17(3)4)35-28(39)18-13-20-19-8-6-9-22-26(19)21(27(33)34-22)14-23(20)36(5)15-18;1-15(2)26-21-6-4-3-5-20(21)24(16-7-9-17(25)10-8-16)22(26)12-11-18(27)13-19(28)14-23(29)30;24-11(9-31-14-3-1-5-16-20(14)12(25)7-18(33-16)22(27)28)10-32-15-4-2-6-17-21(15)13(26)8-19(34-17)23(29)30;1-10(2)18-7-5-16-12(6-17-22(13,14)15)9(8(7)19-10)20-11(3,4)21-12/h6,8-9,13,16-18,23-25,34,42H,7,10-12,14-15H2,1-5H3,(H,35,39);3-12,15,18-19,27-28H,13-14H2,1-2H3,(H,29,30);1-8,11,24H,9-10H2,(H,27,28)(H,29,30);7-9H,5-6H2,1-4H3,(H2,13,14,15)/b;12-11+;;/t18-,23-,24+,25+,31-,32+;18-,19-;;7-,8-,9+,12+/m11.1/s1. The number of aliphatic carboxylic acids is 1. The number of H-pyrrole nitrogens is 1. The molecule has 690 valence electrons. The number of hydrogen-bond acceptors (Lipinski definition) is 26. The number of likely N-dealkylation sites (N-methyl/N-ethyl adjacent to an activating group) is 1. The molecule has 4 aromatic heterocycles. The highest BCUT2D eigenvalue weighted by Crippen LogP contribution is 2.52. The van der Waals surface area contributed by atoms with Crippen molar-refractivity contribution in [3.8, 4) is 22.6 Å². The fourth-order valence-electron chi connectivity index (χ4n) is 18.3. The summed E-state index contributed by atoms with van der Waals surface area (Å²) < 4.78 is 100. The van der Waals surface area contributed by atoms with Crippen LogP contribution < -0.4 is 30.8 Å². The van der Waals surface area contributed by atoms with Crippen molar-refractivity contribution in [2.75, 3.05) is 46.6 Å². The van der Waals surface area contributed by atoms with Crippen molar-refractivity contribution >= 4 is 117 Å². The number of rotatable bonds is 24. The van der Waals surface area contributed by atoms with E-state index in [0.29, 0.717) is 25.9 Å². The van der Waals surface area contributed by atoms with E-state index < -0.39 is 153 Å². The first-order valence-corrected chi connectivity index (χ1v) is 44.4. The number of halogens is 2. The van der Waals surface area contributed by atoms with Crippen LogP contribution in [0.4, 0.5) is 4.39 Å². The Morgan fingerprint density at radius 2 is 1.40 bits per heavy atom. The van der Waals surface area contributed by atoms with E-state index in [1.165, 1.54) is 64.4 Å². The number of nitrogens with two attached hydrogens (primary N) is 1. The summed E-state index contributed by atoms with van der Waals surface area (Å²) in [7, 11) is -2.11. The summed E-state index contributed by atoms with van der Waals surface area (Å²) >= 11 is 3.70. The van der Waals surface area contributed by atoms with Crippen molar-refractivity contribution in [3.05, 3.63) is 187 Å². The Bertz CT molecular complexity index is 6030. The Morgan fingerprint density at radius 3 is 2.00 bits per heavy atom. The van der Waals surface area contributed by atoms with Gasteiger partial charge in [0.05, 0.1) is 35.8 Å². The molecule has 6 fully saturated rings. The molecule has 35 nitrogen and oxygen atoms in total. The van der Waals surface area contributed by atoms with Gasteiger partial charge in [-0.15, -0.1) is 0 Å². The maximum Gasteiger partial charge on any atom is 0.371 e. The minimum absolute atomic E-state index is 0.0105. The molecule has 0 unspecified atom stereocenters. The molecule has 0 radical (unpaired) electrons. The molecule has 3 amide bonds. The normalized spacial score (nSPS) is 24.7. The number of aromatic carboxylic acids is 2. The van der Waals surface area contributed by atoms with Gasteiger partial charge in [-0.1, -0.05) is 94.4 Å². The van der Waals surface area contributed by atoms with Crippen LogP contribution in [-0.2, 0) is 68.5 Å². The van der Waals surface area contributed by atoms with Gasteiger partial charge in [-0.05, 0) is 173 Å². The quantitative estimate of drug-likeness (QED) is 0.0269. The van der Waals surface area contributed by atoms with E-state index >= 15 is 0 Å². The summed E-state index contributed by atoms with van der Waals surface area (Å²) in [6.07, 6.45) is 2.52. The summed E-state index contributed by atoms with van der Waals surface area (Å²) in [5, 5.41) is 79.4. The predicted octanol–water partition coefficient (Wildman–Crippen LogP) is 9.54. The number of amides is 3. The van der Waals surface area contributed by atoms with E-state index in [0.717, 1.165) is 74.0 Å². The highest BCUT2D eigenvalue weighted by atomic mass is 79.9. The molecule has 17 rings (SSSR count). The van der Waals surface area contributed by atoms with E-state index in [9.17, 15) is 71.6 Å². The lowest BCUT2D eigenvalue weighted by Crippen LogP contribution is -2.71. The Balaban J connectivity index is 0.000000143. The lowest BCUT2D eigenvalue weighted by atomic mass is 9.79. The first kappa shape index (κ1) is 94.5. The van der Waals surface area contributed by atoms with Crippen molar-refractivity contribution in [2.24, 2.45) is 22.9 Å². The monoisotopic (exact) mass is 1870 g/mol. The van der Waals surface area contributed by atoms with Gasteiger partial charge < -0.3 is 97.5 Å². The molecule has 38 heteroatoms. The van der Waals surface area contributed by atoms with Crippen molar-refractivity contribution in [1.29, 1.82) is 0 Å². The molecule has 11 N–H and O–H groups in total. The zero-order valence-electron chi connectivity index (χ0n) is 72.4. The number of fused-ring (bicyclic) bond motifs is 11. The van der Waals surface area contributed by atoms with Gasteiger partial charge in [0.1, 0.15) is 95.6 Å². The number of carboxylic acid groups (broad SMARTS) is 3. The molecule has 6 saturated heterocycles. The number of nitrogens with zero attached hydrogens (tertiary/aromatic N) is 4. The Morgan fingerprint density at radius 1 is 0.775 bits per heavy atom. The van der Waals surface area contributed by atoms with Crippen molar-refractivity contribution in [2.45, 2.75) is 198 Å². The second-order valence-electron chi connectivity index (χ2n) is 35.0. The maximum absolute atomic E-state index is 14.4. The lowest BCUT2D eigenvalue weighted by molar-refractivity contribution is -0.322. The van der Waals surface area contributed by atoms with E-state index in [-0.39, 0.29) is 101 Å². The van der Waals surface area contributed by atoms with Gasteiger partial charge in [0, 0.05) is 82.7 Å². The number of aromatic amines is 1. The number of carbonyl (C=O) groups is 6. The summed E-state index contributed by atoms with van der Waals surface area (Å²) in [5.41, 5.74) is 5.10. The van der Waals surface area contributed by atoms with E-state index in [1.54, 1.807) is 70.7 Å². The van der Waals surface area contributed by atoms with E-state index in [1.807, 2.05) is 57.3 Å². The van der Waals surface area contributed by atoms with Crippen LogP contribution >= 0.6 is 15.9 Å². The number of nitrogens with one attached hydrogen (secondary N) is 2. The molecule has 9 aromatic rings. The van der Waals surface area contributed by atoms with Crippen molar-refractivity contribution in [1.82, 2.24) is 29.6 Å². The first-order chi connectivity index (χ1) is 60.8. The molecule has 7 aliphatic heterocycles. The summed E-state index contributed by atoms with van der Waals surface area (Å²) in [6, 6.07) is 29.5. The van der Waals surface area contributed by atoms with Crippen LogP contribution in [0.2, 0.25) is 0 Å². The van der Waals surface area contributed by atoms with Gasteiger partial charge in [0.2, 0.25) is 34.8 Å². The zero-order valence-corrected chi connectivity index (χ0v) is 74.8. The fraction of sp³-hybridized carbons (Fsp3) is 0.451. The molecule has 8 aliphatic rings. The summed E-state index contributed by atoms with van der Waals surface area (Å²) in [6.45, 7) is 18.8. The largest absolute Gasteiger partial charge is 0.490 e. The summed E-state index contributed by atoms with van der Waals surface area (Å²) in [5.74, 6) is -12.3.